The van der Waals surface area contributed by atoms with Gasteiger partial charge in [-0.05, 0) is 23.0 Å². The SMILES string of the molecule is [N-]=[N+]=NCCC(O)(CC(O)N=[N+]=[N-])N=[N+]=[N-]. The highest BCUT2D eigenvalue weighted by atomic mass is 16.3. The monoisotopic (exact) mass is 227 g/mol. The molecule has 0 saturated heterocycles. The number of nitrogens with zero attached hydrogens (tertiary/aromatic N) is 9. The van der Waals surface area contributed by atoms with Crippen LogP contribution in [0, 0.1) is 0 Å². The van der Waals surface area contributed by atoms with Gasteiger partial charge >= 0.3 is 0 Å². The van der Waals surface area contributed by atoms with E-state index in [2.05, 4.69) is 30.1 Å². The maximum atomic E-state index is 9.69. The van der Waals surface area contributed by atoms with Crippen LogP contribution in [-0.2, 0) is 0 Å². The Labute approximate surface area is 89.2 Å². The van der Waals surface area contributed by atoms with Crippen molar-refractivity contribution in [2.24, 2.45) is 15.3 Å². The maximum Gasteiger partial charge on any atom is 0.146 e. The Bertz CT molecular complexity index is 364. The van der Waals surface area contributed by atoms with Gasteiger partial charge in [0.15, 0.2) is 0 Å². The molecule has 0 amide bonds. The summed E-state index contributed by atoms with van der Waals surface area (Å²) in [7, 11) is 0. The average Bonchev–Trinajstić information content (AvgIpc) is 2.18. The highest BCUT2D eigenvalue weighted by Gasteiger charge is 2.27. The van der Waals surface area contributed by atoms with E-state index in [1.165, 1.54) is 0 Å². The molecule has 2 N–H and O–H groups in total. The first-order valence-electron chi connectivity index (χ1n) is 4.10. The summed E-state index contributed by atoms with van der Waals surface area (Å²) in [5.41, 5.74) is 22.3. The van der Waals surface area contributed by atoms with Crippen LogP contribution in [0.3, 0.4) is 0 Å². The lowest BCUT2D eigenvalue weighted by Crippen LogP contribution is -2.31. The molecule has 0 aromatic rings. The van der Waals surface area contributed by atoms with Crippen LogP contribution in [0.1, 0.15) is 12.8 Å². The summed E-state index contributed by atoms with van der Waals surface area (Å²) in [4.78, 5) is 7.17. The highest BCUT2D eigenvalue weighted by Crippen LogP contribution is 2.20. The first kappa shape index (κ1) is 13.8. The van der Waals surface area contributed by atoms with Crippen LogP contribution in [0.5, 0.6) is 0 Å². The van der Waals surface area contributed by atoms with Crippen LogP contribution in [0.2, 0.25) is 0 Å². The van der Waals surface area contributed by atoms with Gasteiger partial charge in [0.2, 0.25) is 0 Å². The van der Waals surface area contributed by atoms with Gasteiger partial charge in [-0.15, -0.1) is 0 Å². The standard InChI is InChI=1S/C5H9N9O2/c6-12-9-2-1-5(16,11-14-8)3-4(15)10-13-7/h4,15-16H,1-3H2. The third-order valence-electron chi connectivity index (χ3n) is 1.60. The van der Waals surface area contributed by atoms with Crippen molar-refractivity contribution < 1.29 is 10.2 Å². The Morgan fingerprint density at radius 3 is 2.38 bits per heavy atom. The lowest BCUT2D eigenvalue weighted by atomic mass is 10.1. The summed E-state index contributed by atoms with van der Waals surface area (Å²) in [5, 5.41) is 27.9. The summed E-state index contributed by atoms with van der Waals surface area (Å²) in [5.74, 6) is 0. The van der Waals surface area contributed by atoms with Gasteiger partial charge in [0.05, 0.1) is 0 Å². The van der Waals surface area contributed by atoms with Gasteiger partial charge < -0.3 is 10.2 Å². The summed E-state index contributed by atoms with van der Waals surface area (Å²) in [6.45, 7) is -0.116. The summed E-state index contributed by atoms with van der Waals surface area (Å²) < 4.78 is 0. The zero-order chi connectivity index (χ0) is 12.4. The van der Waals surface area contributed by atoms with Crippen molar-refractivity contribution >= 4 is 0 Å². The van der Waals surface area contributed by atoms with Crippen molar-refractivity contribution in [1.29, 1.82) is 0 Å². The molecule has 0 aliphatic rings. The van der Waals surface area contributed by atoms with Gasteiger partial charge in [0, 0.05) is 27.7 Å². The number of azide groups is 3. The molecule has 2 atom stereocenters. The minimum atomic E-state index is -1.95. The van der Waals surface area contributed by atoms with Crippen LogP contribution in [0.4, 0.5) is 0 Å². The maximum absolute atomic E-state index is 9.69. The van der Waals surface area contributed by atoms with Crippen molar-refractivity contribution in [3.8, 4) is 0 Å². The zero-order valence-corrected chi connectivity index (χ0v) is 8.12. The van der Waals surface area contributed by atoms with Crippen molar-refractivity contribution in [3.63, 3.8) is 0 Å². The molecule has 0 aromatic carbocycles. The molecule has 0 bridgehead atoms. The van der Waals surface area contributed by atoms with Gasteiger partial charge in [-0.25, -0.2) is 0 Å². The second kappa shape index (κ2) is 7.18. The minimum absolute atomic E-state index is 0.116. The molecule has 16 heavy (non-hydrogen) atoms. The van der Waals surface area contributed by atoms with Crippen LogP contribution >= 0.6 is 0 Å². The Kier molecular flexibility index (Phi) is 6.22. The normalized spacial score (nSPS) is 14.6. The van der Waals surface area contributed by atoms with E-state index >= 15 is 0 Å². The van der Waals surface area contributed by atoms with Crippen LogP contribution < -0.4 is 0 Å². The fourth-order valence-electron chi connectivity index (χ4n) is 0.943. The molecule has 11 nitrogen and oxygen atoms in total. The Hall–Kier alpha value is -2.15. The fraction of sp³-hybridized carbons (Fsp3) is 1.00. The van der Waals surface area contributed by atoms with E-state index in [0.29, 0.717) is 0 Å². The first-order valence-corrected chi connectivity index (χ1v) is 4.10. The van der Waals surface area contributed by atoms with E-state index in [-0.39, 0.29) is 13.0 Å². The van der Waals surface area contributed by atoms with E-state index in [1.807, 2.05) is 0 Å². The number of hydrogen-bond acceptors (Lipinski definition) is 5. The molecule has 0 spiro atoms. The zero-order valence-electron chi connectivity index (χ0n) is 8.12. The van der Waals surface area contributed by atoms with E-state index < -0.39 is 18.4 Å². The molecule has 0 aromatic heterocycles. The van der Waals surface area contributed by atoms with Gasteiger partial charge in [-0.1, -0.05) is 15.3 Å². The molecule has 0 heterocycles. The van der Waals surface area contributed by atoms with E-state index in [9.17, 15) is 5.11 Å². The molecule has 0 aliphatic heterocycles. The smallest absolute Gasteiger partial charge is 0.146 e. The second-order valence-electron chi connectivity index (χ2n) is 2.77. The number of aliphatic hydroxyl groups is 2. The lowest BCUT2D eigenvalue weighted by molar-refractivity contribution is -0.00807. The van der Waals surface area contributed by atoms with E-state index in [1.54, 1.807) is 0 Å². The van der Waals surface area contributed by atoms with Gasteiger partial charge in [-0.3, -0.25) is 0 Å². The largest absolute Gasteiger partial charge is 0.387 e. The van der Waals surface area contributed by atoms with Crippen molar-refractivity contribution in [2.75, 3.05) is 6.54 Å². The van der Waals surface area contributed by atoms with Crippen molar-refractivity contribution in [2.45, 2.75) is 24.8 Å². The van der Waals surface area contributed by atoms with Gasteiger partial charge in [0.25, 0.3) is 0 Å². The average molecular weight is 227 g/mol. The molecule has 0 rings (SSSR count). The topological polar surface area (TPSA) is 187 Å². The third-order valence-corrected chi connectivity index (χ3v) is 1.60. The number of aliphatic hydroxyl groups excluding tert-OH is 1. The highest BCUT2D eigenvalue weighted by molar-refractivity contribution is 4.80. The molecule has 11 heteroatoms. The molecule has 86 valence electrons. The van der Waals surface area contributed by atoms with E-state index in [0.717, 1.165) is 0 Å². The quantitative estimate of drug-likeness (QED) is 0.380. The second-order valence-corrected chi connectivity index (χ2v) is 2.77. The van der Waals surface area contributed by atoms with E-state index in [4.69, 9.17) is 21.7 Å². The van der Waals surface area contributed by atoms with Crippen molar-refractivity contribution in [1.82, 2.24) is 0 Å². The van der Waals surface area contributed by atoms with Crippen molar-refractivity contribution in [3.05, 3.63) is 31.3 Å². The van der Waals surface area contributed by atoms with Crippen LogP contribution in [0.15, 0.2) is 15.3 Å². The summed E-state index contributed by atoms with van der Waals surface area (Å²) >= 11 is 0. The fourth-order valence-corrected chi connectivity index (χ4v) is 0.943. The number of hydrogen-bond donors (Lipinski definition) is 2. The molecular weight excluding hydrogens is 218 g/mol. The Morgan fingerprint density at radius 2 is 1.88 bits per heavy atom. The molecule has 0 saturated carbocycles. The van der Waals surface area contributed by atoms with Gasteiger partial charge in [-0.2, -0.15) is 0 Å². The lowest BCUT2D eigenvalue weighted by Gasteiger charge is -2.22. The minimum Gasteiger partial charge on any atom is -0.387 e. The van der Waals surface area contributed by atoms with Crippen LogP contribution in [0.25, 0.3) is 31.3 Å². The van der Waals surface area contributed by atoms with Gasteiger partial charge in [0.1, 0.15) is 12.0 Å². The summed E-state index contributed by atoms with van der Waals surface area (Å²) in [6, 6.07) is 0. The van der Waals surface area contributed by atoms with Crippen LogP contribution in [-0.4, -0.2) is 28.7 Å². The Morgan fingerprint density at radius 1 is 1.19 bits per heavy atom. The molecule has 0 radical (unpaired) electrons. The molecule has 0 fully saturated rings. The predicted octanol–water partition coefficient (Wildman–Crippen LogP) is 1.70. The molecule has 2 unspecified atom stereocenters. The summed E-state index contributed by atoms with van der Waals surface area (Å²) in [6.07, 6.45) is -2.17. The first-order chi connectivity index (χ1) is 7.58. The molecule has 0 aliphatic carbocycles. The number of rotatable bonds is 7. The Balaban J connectivity index is 4.60. The third kappa shape index (κ3) is 5.55. The molecular formula is C5H9N9O2. The predicted molar refractivity (Wildman–Crippen MR) is 52.5 cm³/mol.